The lowest BCUT2D eigenvalue weighted by atomic mass is 10.2. The second kappa shape index (κ2) is 7.19. The molecule has 126 valence electrons. The van der Waals surface area contributed by atoms with Crippen LogP contribution in [0.4, 0.5) is 5.69 Å². The highest BCUT2D eigenvalue weighted by Gasteiger charge is 2.14. The number of aryl methyl sites for hydroxylation is 1. The molecule has 1 N–H and O–H groups in total. The third kappa shape index (κ3) is 4.05. The molecule has 0 fully saturated rings. The molecular weight excluding hydrogens is 344 g/mol. The maximum absolute atomic E-state index is 12.2. The predicted molar refractivity (Wildman–Crippen MR) is 92.0 cm³/mol. The summed E-state index contributed by atoms with van der Waals surface area (Å²) in [6.07, 6.45) is 0. The van der Waals surface area contributed by atoms with Gasteiger partial charge in [0.05, 0.1) is 16.3 Å². The van der Waals surface area contributed by atoms with Gasteiger partial charge < -0.3 is 14.6 Å². The first-order valence-corrected chi connectivity index (χ1v) is 7.72. The number of hydrogen-bond donors (Lipinski definition) is 1. The minimum absolute atomic E-state index is 0.0219. The minimum Gasteiger partial charge on any atom is -0.421 e. The molecule has 3 aromatic rings. The van der Waals surface area contributed by atoms with Crippen LogP contribution >= 0.6 is 11.6 Å². The molecule has 2 aromatic carbocycles. The van der Waals surface area contributed by atoms with E-state index in [0.717, 1.165) is 0 Å². The Balaban J connectivity index is 1.65. The van der Waals surface area contributed by atoms with E-state index in [-0.39, 0.29) is 11.7 Å². The highest BCUT2D eigenvalue weighted by Crippen LogP contribution is 2.20. The Bertz CT molecular complexity index is 919. The second-order valence-electron chi connectivity index (χ2n) is 5.18. The summed E-state index contributed by atoms with van der Waals surface area (Å²) in [4.78, 5) is 24.1. The first kappa shape index (κ1) is 16.7. The van der Waals surface area contributed by atoms with Crippen molar-refractivity contribution in [2.45, 2.75) is 6.92 Å². The summed E-state index contributed by atoms with van der Waals surface area (Å²) in [6.45, 7) is 1.71. The minimum atomic E-state index is -0.645. The third-order valence-electron chi connectivity index (χ3n) is 3.27. The number of carbonyl (C=O) groups excluding carboxylic acids is 2. The lowest BCUT2D eigenvalue weighted by Crippen LogP contribution is -2.12. The molecule has 0 saturated heterocycles. The zero-order valence-corrected chi connectivity index (χ0v) is 13.9. The van der Waals surface area contributed by atoms with Gasteiger partial charge in [-0.05, 0) is 43.3 Å². The van der Waals surface area contributed by atoms with Crippen molar-refractivity contribution in [3.8, 4) is 5.75 Å². The number of esters is 1. The summed E-state index contributed by atoms with van der Waals surface area (Å²) < 4.78 is 10.0. The van der Waals surface area contributed by atoms with E-state index < -0.39 is 5.97 Å². The van der Waals surface area contributed by atoms with Crippen LogP contribution in [0.5, 0.6) is 5.75 Å². The molecule has 1 heterocycles. The number of aromatic nitrogens is 1. The highest BCUT2D eigenvalue weighted by atomic mass is 35.5. The second-order valence-corrected chi connectivity index (χ2v) is 5.59. The van der Waals surface area contributed by atoms with Crippen LogP contribution in [0.1, 0.15) is 26.6 Å². The van der Waals surface area contributed by atoms with Crippen molar-refractivity contribution in [2.75, 3.05) is 5.32 Å². The fourth-order valence-electron chi connectivity index (χ4n) is 2.07. The zero-order valence-electron chi connectivity index (χ0n) is 13.2. The Morgan fingerprint density at radius 1 is 1.12 bits per heavy atom. The summed E-state index contributed by atoms with van der Waals surface area (Å²) in [5.41, 5.74) is 1.50. The standard InChI is InChI=1S/C18H13ClN2O4/c1-11-10-16(25-21-11)18(23)24-13-8-6-12(7-9-13)20-17(22)14-4-2-3-5-15(14)19/h2-10H,1H3,(H,20,22). The molecule has 1 amide bonds. The van der Waals surface area contributed by atoms with Gasteiger partial charge >= 0.3 is 5.97 Å². The van der Waals surface area contributed by atoms with Crippen LogP contribution < -0.4 is 10.1 Å². The van der Waals surface area contributed by atoms with Crippen LogP contribution in [0.3, 0.4) is 0 Å². The number of nitrogens with one attached hydrogen (secondary N) is 1. The smallest absolute Gasteiger partial charge is 0.382 e. The molecule has 0 bridgehead atoms. The Hall–Kier alpha value is -3.12. The number of hydrogen-bond acceptors (Lipinski definition) is 5. The van der Waals surface area contributed by atoms with E-state index in [1.807, 2.05) is 0 Å². The fraction of sp³-hybridized carbons (Fsp3) is 0.0556. The van der Waals surface area contributed by atoms with Gasteiger partial charge in [-0.2, -0.15) is 0 Å². The normalized spacial score (nSPS) is 10.3. The van der Waals surface area contributed by atoms with E-state index >= 15 is 0 Å². The molecule has 25 heavy (non-hydrogen) atoms. The van der Waals surface area contributed by atoms with Crippen molar-refractivity contribution in [1.82, 2.24) is 5.16 Å². The summed E-state index contributed by atoms with van der Waals surface area (Å²) in [5.74, 6) is -0.635. The number of anilines is 1. The SMILES string of the molecule is Cc1cc(C(=O)Oc2ccc(NC(=O)c3ccccc3Cl)cc2)on1. The van der Waals surface area contributed by atoms with Gasteiger partial charge in [-0.1, -0.05) is 28.9 Å². The number of amides is 1. The lowest BCUT2D eigenvalue weighted by Gasteiger charge is -2.07. The summed E-state index contributed by atoms with van der Waals surface area (Å²) in [6, 6.07) is 14.6. The van der Waals surface area contributed by atoms with Gasteiger partial charge in [-0.25, -0.2) is 4.79 Å². The van der Waals surface area contributed by atoms with Gasteiger partial charge in [0.1, 0.15) is 5.75 Å². The molecule has 0 unspecified atom stereocenters. The number of nitrogens with zero attached hydrogens (tertiary/aromatic N) is 1. The average Bonchev–Trinajstić information content (AvgIpc) is 3.03. The molecule has 0 saturated carbocycles. The highest BCUT2D eigenvalue weighted by molar-refractivity contribution is 6.34. The summed E-state index contributed by atoms with van der Waals surface area (Å²) in [5, 5.41) is 6.72. The van der Waals surface area contributed by atoms with Gasteiger partial charge in [0.15, 0.2) is 0 Å². The molecule has 0 atom stereocenters. The van der Waals surface area contributed by atoms with Gasteiger partial charge in [0, 0.05) is 11.8 Å². The van der Waals surface area contributed by atoms with E-state index in [9.17, 15) is 9.59 Å². The first-order chi connectivity index (χ1) is 12.0. The average molecular weight is 357 g/mol. The van der Waals surface area contributed by atoms with E-state index in [2.05, 4.69) is 10.5 Å². The number of carbonyl (C=O) groups is 2. The Morgan fingerprint density at radius 2 is 1.84 bits per heavy atom. The van der Waals surface area contributed by atoms with Crippen molar-refractivity contribution in [3.63, 3.8) is 0 Å². The van der Waals surface area contributed by atoms with Crippen LogP contribution in [-0.4, -0.2) is 17.0 Å². The van der Waals surface area contributed by atoms with Crippen LogP contribution in [-0.2, 0) is 0 Å². The molecule has 3 rings (SSSR count). The Labute approximate surface area is 148 Å². The number of halogens is 1. The van der Waals surface area contributed by atoms with Gasteiger partial charge in [-0.3, -0.25) is 4.79 Å². The van der Waals surface area contributed by atoms with Crippen molar-refractivity contribution in [3.05, 3.63) is 76.6 Å². The maximum atomic E-state index is 12.2. The zero-order chi connectivity index (χ0) is 17.8. The number of benzene rings is 2. The van der Waals surface area contributed by atoms with Crippen molar-refractivity contribution >= 4 is 29.2 Å². The number of ether oxygens (including phenoxy) is 1. The summed E-state index contributed by atoms with van der Waals surface area (Å²) >= 11 is 6.00. The van der Waals surface area contributed by atoms with Crippen molar-refractivity contribution in [1.29, 1.82) is 0 Å². The lowest BCUT2D eigenvalue weighted by molar-refractivity contribution is 0.0691. The fourth-order valence-corrected chi connectivity index (χ4v) is 2.29. The Morgan fingerprint density at radius 3 is 2.48 bits per heavy atom. The van der Waals surface area contributed by atoms with Gasteiger partial charge in [-0.15, -0.1) is 0 Å². The molecule has 6 nitrogen and oxygen atoms in total. The van der Waals surface area contributed by atoms with E-state index in [1.165, 1.54) is 6.07 Å². The molecule has 7 heteroatoms. The van der Waals surface area contributed by atoms with E-state index in [4.69, 9.17) is 20.9 Å². The van der Waals surface area contributed by atoms with E-state index in [1.54, 1.807) is 55.5 Å². The molecular formula is C18H13ClN2O4. The predicted octanol–water partition coefficient (Wildman–Crippen LogP) is 4.11. The molecule has 0 aliphatic rings. The monoisotopic (exact) mass is 356 g/mol. The van der Waals surface area contributed by atoms with Gasteiger partial charge in [0.2, 0.25) is 5.76 Å². The van der Waals surface area contributed by atoms with E-state index in [0.29, 0.717) is 27.7 Å². The van der Waals surface area contributed by atoms with Crippen LogP contribution in [0.25, 0.3) is 0 Å². The molecule has 0 aliphatic carbocycles. The summed E-state index contributed by atoms with van der Waals surface area (Å²) in [7, 11) is 0. The molecule has 0 aliphatic heterocycles. The quantitative estimate of drug-likeness (QED) is 0.562. The molecule has 0 radical (unpaired) electrons. The third-order valence-corrected chi connectivity index (χ3v) is 3.60. The number of rotatable bonds is 4. The topological polar surface area (TPSA) is 81.4 Å². The van der Waals surface area contributed by atoms with Gasteiger partial charge in [0.25, 0.3) is 5.91 Å². The first-order valence-electron chi connectivity index (χ1n) is 7.34. The maximum Gasteiger partial charge on any atom is 0.382 e. The van der Waals surface area contributed by atoms with Crippen LogP contribution in [0.15, 0.2) is 59.1 Å². The molecule has 0 spiro atoms. The molecule has 1 aromatic heterocycles. The van der Waals surface area contributed by atoms with Crippen LogP contribution in [0, 0.1) is 6.92 Å². The Kier molecular flexibility index (Phi) is 4.81. The van der Waals surface area contributed by atoms with Crippen molar-refractivity contribution in [2.24, 2.45) is 0 Å². The van der Waals surface area contributed by atoms with Crippen LogP contribution in [0.2, 0.25) is 5.02 Å². The largest absolute Gasteiger partial charge is 0.421 e. The van der Waals surface area contributed by atoms with Crippen molar-refractivity contribution < 1.29 is 18.8 Å².